The lowest BCUT2D eigenvalue weighted by Gasteiger charge is -2.16. The second-order valence-corrected chi connectivity index (χ2v) is 6.11. The van der Waals surface area contributed by atoms with E-state index in [-0.39, 0.29) is 11.4 Å². The van der Waals surface area contributed by atoms with Crippen LogP contribution in [0.1, 0.15) is 36.6 Å². The maximum Gasteiger partial charge on any atom is 0.328 e. The van der Waals surface area contributed by atoms with E-state index in [1.54, 1.807) is 11.3 Å². The van der Waals surface area contributed by atoms with Gasteiger partial charge in [0.15, 0.2) is 0 Å². The van der Waals surface area contributed by atoms with Crippen molar-refractivity contribution < 1.29 is 9.53 Å². The monoisotopic (exact) mass is 265 g/mol. The SMILES string of the molecule is C#CCNC(C(=O)OC)c1ccc(C(C)(C)C)s1. The molecule has 1 rings (SSSR count). The minimum Gasteiger partial charge on any atom is -0.468 e. The number of rotatable bonds is 4. The summed E-state index contributed by atoms with van der Waals surface area (Å²) in [5.41, 5.74) is 0.0791. The number of nitrogens with one attached hydrogen (secondary N) is 1. The van der Waals surface area contributed by atoms with Gasteiger partial charge in [0.25, 0.3) is 0 Å². The van der Waals surface area contributed by atoms with Crippen LogP contribution in [0.4, 0.5) is 0 Å². The third-order valence-electron chi connectivity index (χ3n) is 2.50. The minimum absolute atomic E-state index is 0.0791. The predicted molar refractivity (Wildman–Crippen MR) is 74.6 cm³/mol. The fraction of sp³-hybridized carbons (Fsp3) is 0.500. The maximum absolute atomic E-state index is 11.7. The van der Waals surface area contributed by atoms with Crippen molar-refractivity contribution in [3.8, 4) is 12.3 Å². The molecule has 0 aliphatic rings. The van der Waals surface area contributed by atoms with E-state index in [0.717, 1.165) is 4.88 Å². The number of hydrogen-bond donors (Lipinski definition) is 1. The summed E-state index contributed by atoms with van der Waals surface area (Å²) in [6.45, 7) is 6.77. The Kier molecular flexibility index (Phi) is 4.94. The van der Waals surface area contributed by atoms with E-state index >= 15 is 0 Å². The molecule has 0 saturated carbocycles. The van der Waals surface area contributed by atoms with Gasteiger partial charge in [-0.2, -0.15) is 0 Å². The van der Waals surface area contributed by atoms with E-state index < -0.39 is 6.04 Å². The summed E-state index contributed by atoms with van der Waals surface area (Å²) in [4.78, 5) is 13.9. The van der Waals surface area contributed by atoms with Crippen molar-refractivity contribution in [2.75, 3.05) is 13.7 Å². The summed E-state index contributed by atoms with van der Waals surface area (Å²) in [7, 11) is 1.38. The lowest BCUT2D eigenvalue weighted by molar-refractivity contribution is -0.143. The summed E-state index contributed by atoms with van der Waals surface area (Å²) in [5, 5.41) is 3.00. The molecule has 0 amide bonds. The molecule has 1 heterocycles. The quantitative estimate of drug-likeness (QED) is 0.671. The van der Waals surface area contributed by atoms with Crippen LogP contribution in [-0.2, 0) is 14.9 Å². The van der Waals surface area contributed by atoms with Gasteiger partial charge in [0.2, 0.25) is 0 Å². The van der Waals surface area contributed by atoms with Crippen LogP contribution in [0.3, 0.4) is 0 Å². The maximum atomic E-state index is 11.7. The Hall–Kier alpha value is -1.31. The molecule has 0 aromatic carbocycles. The Morgan fingerprint density at radius 1 is 1.56 bits per heavy atom. The molecule has 1 aromatic rings. The van der Waals surface area contributed by atoms with Gasteiger partial charge in [0.1, 0.15) is 6.04 Å². The first-order valence-electron chi connectivity index (χ1n) is 5.75. The molecule has 1 N–H and O–H groups in total. The molecule has 0 aliphatic heterocycles. The van der Waals surface area contributed by atoms with E-state index in [1.807, 2.05) is 12.1 Å². The summed E-state index contributed by atoms with van der Waals surface area (Å²) >= 11 is 1.61. The lowest BCUT2D eigenvalue weighted by atomic mass is 9.95. The molecule has 0 aliphatic carbocycles. The molecule has 0 radical (unpaired) electrons. The molecule has 0 fully saturated rings. The summed E-state index contributed by atoms with van der Waals surface area (Å²) in [6.07, 6.45) is 5.21. The third-order valence-corrected chi connectivity index (χ3v) is 4.07. The number of hydrogen-bond acceptors (Lipinski definition) is 4. The van der Waals surface area contributed by atoms with Crippen LogP contribution in [0.5, 0.6) is 0 Å². The van der Waals surface area contributed by atoms with E-state index in [1.165, 1.54) is 12.0 Å². The van der Waals surface area contributed by atoms with Crippen LogP contribution in [0.25, 0.3) is 0 Å². The fourth-order valence-corrected chi connectivity index (χ4v) is 2.62. The van der Waals surface area contributed by atoms with Crippen LogP contribution in [0.2, 0.25) is 0 Å². The predicted octanol–water partition coefficient (Wildman–Crippen LogP) is 2.48. The van der Waals surface area contributed by atoms with Gasteiger partial charge in [-0.05, 0) is 17.5 Å². The Labute approximate surface area is 113 Å². The lowest BCUT2D eigenvalue weighted by Crippen LogP contribution is -2.29. The number of methoxy groups -OCH3 is 1. The number of thiophene rings is 1. The Morgan fingerprint density at radius 3 is 2.67 bits per heavy atom. The van der Waals surface area contributed by atoms with Crippen LogP contribution < -0.4 is 5.32 Å². The molecule has 1 aromatic heterocycles. The first kappa shape index (κ1) is 14.7. The third kappa shape index (κ3) is 3.59. The van der Waals surface area contributed by atoms with E-state index in [4.69, 9.17) is 11.2 Å². The largest absolute Gasteiger partial charge is 0.468 e. The van der Waals surface area contributed by atoms with Gasteiger partial charge in [-0.25, -0.2) is 4.79 Å². The van der Waals surface area contributed by atoms with E-state index in [0.29, 0.717) is 6.54 Å². The first-order chi connectivity index (χ1) is 8.40. The van der Waals surface area contributed by atoms with Crippen molar-refractivity contribution in [1.29, 1.82) is 0 Å². The van der Waals surface area contributed by atoms with Crippen LogP contribution in [0, 0.1) is 12.3 Å². The number of terminal acetylenes is 1. The topological polar surface area (TPSA) is 38.3 Å². The molecule has 0 saturated heterocycles. The fourth-order valence-electron chi connectivity index (χ4n) is 1.49. The second-order valence-electron chi connectivity index (χ2n) is 4.99. The standard InChI is InChI=1S/C14H19NO2S/c1-6-9-15-12(13(16)17-5)10-7-8-11(18-10)14(2,3)4/h1,7-8,12,15H,9H2,2-5H3. The van der Waals surface area contributed by atoms with Gasteiger partial charge >= 0.3 is 5.97 Å². The van der Waals surface area contributed by atoms with Crippen molar-refractivity contribution >= 4 is 17.3 Å². The number of carbonyl (C=O) groups excluding carboxylic acids is 1. The number of esters is 1. The van der Waals surface area contributed by atoms with Gasteiger partial charge in [0, 0.05) is 9.75 Å². The zero-order valence-electron chi connectivity index (χ0n) is 11.2. The van der Waals surface area contributed by atoms with Crippen molar-refractivity contribution in [3.63, 3.8) is 0 Å². The van der Waals surface area contributed by atoms with Crippen LogP contribution in [0.15, 0.2) is 12.1 Å². The van der Waals surface area contributed by atoms with Gasteiger partial charge < -0.3 is 4.74 Å². The molecular weight excluding hydrogens is 246 g/mol. The zero-order chi connectivity index (χ0) is 13.8. The highest BCUT2D eigenvalue weighted by molar-refractivity contribution is 7.12. The van der Waals surface area contributed by atoms with Gasteiger partial charge in [-0.15, -0.1) is 17.8 Å². The van der Waals surface area contributed by atoms with Gasteiger partial charge in [-0.3, -0.25) is 5.32 Å². The Bertz CT molecular complexity index is 451. The Balaban J connectivity index is 2.96. The molecule has 18 heavy (non-hydrogen) atoms. The summed E-state index contributed by atoms with van der Waals surface area (Å²) in [5.74, 6) is 2.16. The Morgan fingerprint density at radius 2 is 2.22 bits per heavy atom. The normalized spacial score (nSPS) is 12.8. The molecule has 3 nitrogen and oxygen atoms in total. The molecule has 0 spiro atoms. The molecule has 1 unspecified atom stereocenters. The van der Waals surface area contributed by atoms with Crippen LogP contribution >= 0.6 is 11.3 Å². The number of carbonyl (C=O) groups is 1. The van der Waals surface area contributed by atoms with Crippen molar-refractivity contribution in [1.82, 2.24) is 5.32 Å². The molecule has 4 heteroatoms. The smallest absolute Gasteiger partial charge is 0.328 e. The van der Waals surface area contributed by atoms with Gasteiger partial charge in [0.05, 0.1) is 13.7 Å². The molecule has 0 bridgehead atoms. The first-order valence-corrected chi connectivity index (χ1v) is 6.56. The van der Waals surface area contributed by atoms with E-state index in [9.17, 15) is 4.79 Å². The highest BCUT2D eigenvalue weighted by Gasteiger charge is 2.24. The van der Waals surface area contributed by atoms with Crippen LogP contribution in [-0.4, -0.2) is 19.6 Å². The average molecular weight is 265 g/mol. The van der Waals surface area contributed by atoms with E-state index in [2.05, 4.69) is 32.0 Å². The highest BCUT2D eigenvalue weighted by Crippen LogP contribution is 2.32. The molecule has 1 atom stereocenters. The summed E-state index contributed by atoms with van der Waals surface area (Å²) in [6, 6.07) is 3.52. The van der Waals surface area contributed by atoms with Gasteiger partial charge in [-0.1, -0.05) is 26.7 Å². The van der Waals surface area contributed by atoms with Crippen molar-refractivity contribution in [3.05, 3.63) is 21.9 Å². The zero-order valence-corrected chi connectivity index (χ0v) is 12.1. The molecule has 98 valence electrons. The highest BCUT2D eigenvalue weighted by atomic mass is 32.1. The minimum atomic E-state index is -0.479. The summed E-state index contributed by atoms with van der Waals surface area (Å²) < 4.78 is 4.80. The van der Waals surface area contributed by atoms with Crippen molar-refractivity contribution in [2.24, 2.45) is 0 Å². The molecular formula is C14H19NO2S. The average Bonchev–Trinajstić information content (AvgIpc) is 2.78. The second kappa shape index (κ2) is 6.03. The van der Waals surface area contributed by atoms with Crippen molar-refractivity contribution in [2.45, 2.75) is 32.2 Å². The number of ether oxygens (including phenoxy) is 1.